The van der Waals surface area contributed by atoms with Crippen molar-refractivity contribution < 1.29 is 9.59 Å². The van der Waals surface area contributed by atoms with Gasteiger partial charge in [-0.1, -0.05) is 6.42 Å². The minimum atomic E-state index is 0.00220. The summed E-state index contributed by atoms with van der Waals surface area (Å²) in [7, 11) is 0. The minimum absolute atomic E-state index is 0.00220. The second-order valence-electron chi connectivity index (χ2n) is 4.04. The molecule has 14 heavy (non-hydrogen) atoms. The predicted molar refractivity (Wildman–Crippen MR) is 51.6 cm³/mol. The van der Waals surface area contributed by atoms with E-state index in [1.807, 2.05) is 0 Å². The molecular formula is C10H16N2O2. The van der Waals surface area contributed by atoms with Crippen LogP contribution in [-0.2, 0) is 9.59 Å². The number of carbonyl (C=O) groups is 2. The summed E-state index contributed by atoms with van der Waals surface area (Å²) in [5.74, 6) is 0.00440. The number of amides is 2. The Hall–Kier alpha value is -0.900. The molecule has 1 atom stereocenters. The van der Waals surface area contributed by atoms with Crippen LogP contribution in [0, 0.1) is 0 Å². The van der Waals surface area contributed by atoms with Gasteiger partial charge in [-0.25, -0.2) is 0 Å². The average molecular weight is 196 g/mol. The first-order valence-corrected chi connectivity index (χ1v) is 5.34. The Bertz CT molecular complexity index is 231. The number of piperidine rings is 1. The molecule has 2 amide bonds. The highest BCUT2D eigenvalue weighted by Crippen LogP contribution is 2.15. The van der Waals surface area contributed by atoms with E-state index >= 15 is 0 Å². The number of hydrogen-bond acceptors (Lipinski definition) is 3. The van der Waals surface area contributed by atoms with Crippen LogP contribution in [0.1, 0.15) is 32.1 Å². The van der Waals surface area contributed by atoms with E-state index in [4.69, 9.17) is 0 Å². The van der Waals surface area contributed by atoms with Crippen LogP contribution in [0.2, 0.25) is 0 Å². The van der Waals surface area contributed by atoms with Gasteiger partial charge in [0.05, 0.1) is 0 Å². The number of hydrogen-bond donors (Lipinski definition) is 1. The fraction of sp³-hybridized carbons (Fsp3) is 0.800. The quantitative estimate of drug-likeness (QED) is 0.645. The van der Waals surface area contributed by atoms with E-state index in [9.17, 15) is 9.59 Å². The van der Waals surface area contributed by atoms with Gasteiger partial charge in [0.2, 0.25) is 11.8 Å². The van der Waals surface area contributed by atoms with Crippen molar-refractivity contribution in [1.29, 1.82) is 0 Å². The zero-order chi connectivity index (χ0) is 9.97. The summed E-state index contributed by atoms with van der Waals surface area (Å²) < 4.78 is 0. The van der Waals surface area contributed by atoms with Gasteiger partial charge in [-0.2, -0.15) is 0 Å². The maximum atomic E-state index is 11.3. The molecule has 1 N–H and O–H groups in total. The summed E-state index contributed by atoms with van der Waals surface area (Å²) in [5.41, 5.74) is 0. The van der Waals surface area contributed by atoms with E-state index in [0.29, 0.717) is 25.4 Å². The summed E-state index contributed by atoms with van der Waals surface area (Å²) in [6.45, 7) is 1.60. The number of likely N-dealkylation sites (tertiary alicyclic amines) is 1. The average Bonchev–Trinajstić information content (AvgIpc) is 2.51. The van der Waals surface area contributed by atoms with Gasteiger partial charge in [-0.05, 0) is 19.4 Å². The Balaban J connectivity index is 1.89. The summed E-state index contributed by atoms with van der Waals surface area (Å²) >= 11 is 0. The van der Waals surface area contributed by atoms with Crippen LogP contribution in [-0.4, -0.2) is 35.8 Å². The van der Waals surface area contributed by atoms with E-state index in [0.717, 1.165) is 13.0 Å². The monoisotopic (exact) mass is 196 g/mol. The van der Waals surface area contributed by atoms with Crippen molar-refractivity contribution in [2.45, 2.75) is 38.1 Å². The second kappa shape index (κ2) is 4.09. The van der Waals surface area contributed by atoms with Crippen LogP contribution in [0.15, 0.2) is 0 Å². The Morgan fingerprint density at radius 1 is 1.21 bits per heavy atom. The Morgan fingerprint density at radius 3 is 2.50 bits per heavy atom. The highest BCUT2D eigenvalue weighted by atomic mass is 16.2. The molecule has 0 aromatic rings. The molecule has 0 aliphatic carbocycles. The minimum Gasteiger partial charge on any atom is -0.312 e. The molecular weight excluding hydrogens is 180 g/mol. The number of nitrogens with one attached hydrogen (secondary N) is 1. The van der Waals surface area contributed by atoms with Gasteiger partial charge in [-0.3, -0.25) is 14.5 Å². The van der Waals surface area contributed by atoms with Crippen LogP contribution in [0.5, 0.6) is 0 Å². The Kier molecular flexibility index (Phi) is 2.82. The maximum absolute atomic E-state index is 11.3. The fourth-order valence-electron chi connectivity index (χ4n) is 2.13. The highest BCUT2D eigenvalue weighted by Gasteiger charge is 2.30. The number of nitrogens with zero attached hydrogens (tertiary/aromatic N) is 1. The smallest absolute Gasteiger partial charge is 0.229 e. The first kappa shape index (κ1) is 9.65. The van der Waals surface area contributed by atoms with E-state index < -0.39 is 0 Å². The molecule has 4 nitrogen and oxygen atoms in total. The molecule has 2 saturated heterocycles. The molecule has 78 valence electrons. The molecule has 2 rings (SSSR count). The lowest BCUT2D eigenvalue weighted by atomic mass is 10.0. The number of carbonyl (C=O) groups excluding carboxylic acids is 2. The third kappa shape index (κ3) is 1.95. The fourth-order valence-corrected chi connectivity index (χ4v) is 2.13. The summed E-state index contributed by atoms with van der Waals surface area (Å²) in [6.07, 6.45) is 4.31. The molecule has 1 unspecified atom stereocenters. The number of imide groups is 1. The van der Waals surface area contributed by atoms with Gasteiger partial charge < -0.3 is 5.32 Å². The Morgan fingerprint density at radius 2 is 1.93 bits per heavy atom. The van der Waals surface area contributed by atoms with Gasteiger partial charge >= 0.3 is 0 Å². The summed E-state index contributed by atoms with van der Waals surface area (Å²) in [5, 5.41) is 3.34. The third-order valence-corrected chi connectivity index (χ3v) is 2.97. The van der Waals surface area contributed by atoms with Crippen molar-refractivity contribution in [3.05, 3.63) is 0 Å². The van der Waals surface area contributed by atoms with Crippen LogP contribution >= 0.6 is 0 Å². The SMILES string of the molecule is O=C1CCC(=O)N1CC1CCCCN1. The van der Waals surface area contributed by atoms with E-state index in [1.165, 1.54) is 17.7 Å². The normalized spacial score (nSPS) is 28.6. The lowest BCUT2D eigenvalue weighted by Gasteiger charge is -2.26. The van der Waals surface area contributed by atoms with Crippen molar-refractivity contribution in [2.24, 2.45) is 0 Å². The van der Waals surface area contributed by atoms with Crippen molar-refractivity contribution in [3.8, 4) is 0 Å². The maximum Gasteiger partial charge on any atom is 0.229 e. The molecule has 0 aromatic carbocycles. The molecule has 0 saturated carbocycles. The summed E-state index contributed by atoms with van der Waals surface area (Å²) in [6, 6.07) is 0.328. The molecule has 4 heteroatoms. The summed E-state index contributed by atoms with van der Waals surface area (Å²) in [4.78, 5) is 24.1. The molecule has 0 radical (unpaired) electrons. The molecule has 2 aliphatic rings. The lowest BCUT2D eigenvalue weighted by Crippen LogP contribution is -2.45. The molecule has 0 bridgehead atoms. The first-order valence-electron chi connectivity index (χ1n) is 5.34. The van der Waals surface area contributed by atoms with E-state index in [2.05, 4.69) is 5.32 Å². The van der Waals surface area contributed by atoms with Gasteiger partial charge in [0.15, 0.2) is 0 Å². The first-order chi connectivity index (χ1) is 6.77. The van der Waals surface area contributed by atoms with Crippen molar-refractivity contribution in [1.82, 2.24) is 10.2 Å². The molecule has 2 aliphatic heterocycles. The van der Waals surface area contributed by atoms with Crippen LogP contribution in [0.25, 0.3) is 0 Å². The van der Waals surface area contributed by atoms with E-state index in [-0.39, 0.29) is 11.8 Å². The molecule has 2 fully saturated rings. The predicted octanol–water partition coefficient (Wildman–Crippen LogP) is 0.277. The molecule has 2 heterocycles. The Labute approximate surface area is 83.6 Å². The van der Waals surface area contributed by atoms with Gasteiger partial charge in [0, 0.05) is 25.4 Å². The van der Waals surface area contributed by atoms with Crippen LogP contribution < -0.4 is 5.32 Å². The largest absolute Gasteiger partial charge is 0.312 e. The second-order valence-corrected chi connectivity index (χ2v) is 4.04. The van der Waals surface area contributed by atoms with Gasteiger partial charge in [-0.15, -0.1) is 0 Å². The topological polar surface area (TPSA) is 49.4 Å². The van der Waals surface area contributed by atoms with Gasteiger partial charge in [0.25, 0.3) is 0 Å². The highest BCUT2D eigenvalue weighted by molar-refractivity contribution is 6.01. The van der Waals surface area contributed by atoms with E-state index in [1.54, 1.807) is 0 Å². The van der Waals surface area contributed by atoms with Gasteiger partial charge in [0.1, 0.15) is 0 Å². The molecule has 0 spiro atoms. The number of rotatable bonds is 2. The van der Waals surface area contributed by atoms with Crippen molar-refractivity contribution in [3.63, 3.8) is 0 Å². The van der Waals surface area contributed by atoms with Crippen LogP contribution in [0.3, 0.4) is 0 Å². The molecule has 0 aromatic heterocycles. The third-order valence-electron chi connectivity index (χ3n) is 2.97. The lowest BCUT2D eigenvalue weighted by molar-refractivity contribution is -0.138. The zero-order valence-corrected chi connectivity index (χ0v) is 8.29. The standard InChI is InChI=1S/C10H16N2O2/c13-9-4-5-10(14)12(9)7-8-3-1-2-6-11-8/h8,11H,1-7H2. The van der Waals surface area contributed by atoms with Crippen molar-refractivity contribution >= 4 is 11.8 Å². The van der Waals surface area contributed by atoms with Crippen molar-refractivity contribution in [2.75, 3.05) is 13.1 Å². The van der Waals surface area contributed by atoms with Crippen LogP contribution in [0.4, 0.5) is 0 Å². The zero-order valence-electron chi connectivity index (χ0n) is 8.29.